The van der Waals surface area contributed by atoms with Crippen molar-refractivity contribution in [3.63, 3.8) is 0 Å². The van der Waals surface area contributed by atoms with Crippen molar-refractivity contribution < 1.29 is 0 Å². The average molecular weight is 1330 g/mol. The van der Waals surface area contributed by atoms with E-state index in [1.54, 1.807) is 0 Å². The van der Waals surface area contributed by atoms with Gasteiger partial charge in [0.15, 0.2) is 0 Å². The van der Waals surface area contributed by atoms with Crippen LogP contribution in [0.2, 0.25) is 0 Å². The summed E-state index contributed by atoms with van der Waals surface area (Å²) in [7, 11) is 0. The van der Waals surface area contributed by atoms with Gasteiger partial charge in [-0.1, -0.05) is 242 Å². The van der Waals surface area contributed by atoms with E-state index in [-0.39, 0.29) is 7.43 Å². The highest BCUT2D eigenvalue weighted by molar-refractivity contribution is 9.10. The molecule has 468 valence electrons. The Morgan fingerprint density at radius 1 is 0.255 bits per heavy atom. The highest BCUT2D eigenvalue weighted by Gasteiger charge is 2.20. The molecule has 4 heterocycles. The summed E-state index contributed by atoms with van der Waals surface area (Å²) in [5, 5.41) is 8.46. The Morgan fingerprint density at radius 2 is 0.582 bits per heavy atom. The topological polar surface area (TPSA) is 76.7 Å². The van der Waals surface area contributed by atoms with Gasteiger partial charge in [-0.3, -0.25) is 0 Å². The molecular formula is C89H65BrN8. The normalized spacial score (nSPS) is 11.0. The first-order chi connectivity index (χ1) is 48.0. The zero-order chi connectivity index (χ0) is 64.9. The predicted octanol–water partition coefficient (Wildman–Crippen LogP) is 24.4. The minimum Gasteiger partial charge on any atom is -0.356 e. The van der Waals surface area contributed by atoms with Gasteiger partial charge < -0.3 is 19.4 Å². The second-order valence-corrected chi connectivity index (χ2v) is 24.5. The first kappa shape index (κ1) is 61.6. The lowest BCUT2D eigenvalue weighted by molar-refractivity contribution is 1.18. The number of nitrogens with zero attached hydrogens (tertiary/aromatic N) is 7. The third-order valence-electron chi connectivity index (χ3n) is 17.4. The summed E-state index contributed by atoms with van der Waals surface area (Å²) < 4.78 is 5.73. The van der Waals surface area contributed by atoms with Crippen LogP contribution in [0.1, 0.15) is 7.43 Å². The van der Waals surface area contributed by atoms with Crippen LogP contribution < -0.4 is 10.2 Å². The molecule has 0 aliphatic rings. The molecule has 0 unspecified atom stereocenters. The smallest absolute Gasteiger partial charge is 0.0973 e. The lowest BCUT2D eigenvalue weighted by Crippen LogP contribution is -2.09. The van der Waals surface area contributed by atoms with Crippen molar-refractivity contribution in [2.24, 2.45) is 0 Å². The fourth-order valence-corrected chi connectivity index (χ4v) is 13.2. The van der Waals surface area contributed by atoms with E-state index in [0.29, 0.717) is 0 Å². The Kier molecular flexibility index (Phi) is 17.5. The third-order valence-corrected chi connectivity index (χ3v) is 18.0. The number of halogens is 1. The van der Waals surface area contributed by atoms with Crippen LogP contribution in [0.4, 0.5) is 28.4 Å². The van der Waals surface area contributed by atoms with E-state index in [1.807, 2.05) is 115 Å². The summed E-state index contributed by atoms with van der Waals surface area (Å²) >= 11 is 3.49. The van der Waals surface area contributed by atoms with Crippen LogP contribution in [0.3, 0.4) is 0 Å². The molecular weight excluding hydrogens is 1260 g/mol. The van der Waals surface area contributed by atoms with E-state index in [9.17, 15) is 0 Å². The van der Waals surface area contributed by atoms with Crippen molar-refractivity contribution in [2.45, 2.75) is 7.43 Å². The standard InChI is InChI=1S/C44H30N4.C24H18N2.C20H13BrN2.CH4/c1-4-14-31(15-5-1)43-44(46-40-22-12-11-21-39(40)45-43)32-24-26-35(27-25-32)47(33-16-6-2-7-17-33)36-28-29-42-38(30-36)37-20-10-13-23-41(37)48(42)34-18-8-3-9-19-34;1-3-9-18(10-4-1)25-19-15-16-24-22(17-19)21-13-7-8-14-23(21)26(24)20-11-5-2-6-12-20;21-16-12-10-15(11-13-16)20-19(14-6-2-1-3-7-14)22-17-8-4-5-9-18(17)23-20;/h1-30H;1-17,25H;1-13H;1H4. The summed E-state index contributed by atoms with van der Waals surface area (Å²) in [5.74, 6) is 0. The van der Waals surface area contributed by atoms with Gasteiger partial charge in [0.05, 0.1) is 66.9 Å². The Morgan fingerprint density at radius 3 is 1.04 bits per heavy atom. The van der Waals surface area contributed by atoms with Crippen molar-refractivity contribution in [3.8, 4) is 56.4 Å². The molecule has 0 aliphatic carbocycles. The van der Waals surface area contributed by atoms with Crippen LogP contribution in [0.5, 0.6) is 0 Å². The molecule has 0 fully saturated rings. The van der Waals surface area contributed by atoms with Gasteiger partial charge in [0, 0.05) is 88.1 Å². The fourth-order valence-electron chi connectivity index (χ4n) is 12.9. The molecule has 0 saturated carbocycles. The van der Waals surface area contributed by atoms with E-state index in [2.05, 4.69) is 284 Å². The summed E-state index contributed by atoms with van der Waals surface area (Å²) in [5.41, 5.74) is 23.9. The molecule has 0 atom stereocenters. The Labute approximate surface area is 577 Å². The fraction of sp³-hybridized carbons (Fsp3) is 0.0112. The first-order valence-electron chi connectivity index (χ1n) is 32.4. The molecule has 0 radical (unpaired) electrons. The number of hydrogen-bond acceptors (Lipinski definition) is 6. The first-order valence-corrected chi connectivity index (χ1v) is 33.2. The lowest BCUT2D eigenvalue weighted by atomic mass is 10.0. The minimum atomic E-state index is 0. The highest BCUT2D eigenvalue weighted by atomic mass is 79.9. The summed E-state index contributed by atoms with van der Waals surface area (Å²) in [6.07, 6.45) is 0. The van der Waals surface area contributed by atoms with Crippen LogP contribution in [0.25, 0.3) is 122 Å². The zero-order valence-corrected chi connectivity index (χ0v) is 54.2. The van der Waals surface area contributed by atoms with Crippen molar-refractivity contribution in [1.82, 2.24) is 29.1 Å². The lowest BCUT2D eigenvalue weighted by Gasteiger charge is -2.26. The highest BCUT2D eigenvalue weighted by Crippen LogP contribution is 2.42. The molecule has 18 rings (SSSR count). The Bertz CT molecular complexity index is 5770. The summed E-state index contributed by atoms with van der Waals surface area (Å²) in [4.78, 5) is 22.3. The Balaban J connectivity index is 0.000000132. The van der Waals surface area contributed by atoms with Gasteiger partial charge in [0.2, 0.25) is 0 Å². The predicted molar refractivity (Wildman–Crippen MR) is 415 cm³/mol. The Hall–Kier alpha value is -12.6. The number of benzene rings is 14. The summed E-state index contributed by atoms with van der Waals surface area (Å²) in [6, 6.07) is 126. The van der Waals surface area contributed by atoms with Crippen LogP contribution in [0, 0.1) is 0 Å². The third kappa shape index (κ3) is 12.4. The van der Waals surface area contributed by atoms with Gasteiger partial charge in [-0.05, 0) is 146 Å². The second-order valence-electron chi connectivity index (χ2n) is 23.6. The molecule has 0 amide bonds. The molecule has 0 saturated heterocycles. The number of nitrogens with one attached hydrogen (secondary N) is 1. The maximum absolute atomic E-state index is 5.12. The van der Waals surface area contributed by atoms with E-state index in [4.69, 9.17) is 19.9 Å². The monoisotopic (exact) mass is 1320 g/mol. The molecule has 0 aliphatic heterocycles. The maximum atomic E-state index is 5.12. The van der Waals surface area contributed by atoms with Crippen molar-refractivity contribution in [3.05, 3.63) is 368 Å². The molecule has 98 heavy (non-hydrogen) atoms. The van der Waals surface area contributed by atoms with E-state index < -0.39 is 0 Å². The van der Waals surface area contributed by atoms with Crippen molar-refractivity contribution in [2.75, 3.05) is 10.2 Å². The van der Waals surface area contributed by atoms with Gasteiger partial charge >= 0.3 is 0 Å². The molecule has 9 heteroatoms. The molecule has 18 aromatic rings. The second kappa shape index (κ2) is 27.8. The summed E-state index contributed by atoms with van der Waals surface area (Å²) in [6.45, 7) is 0. The number of anilines is 5. The van der Waals surface area contributed by atoms with Crippen LogP contribution in [-0.2, 0) is 0 Å². The van der Waals surface area contributed by atoms with Gasteiger partial charge in [-0.25, -0.2) is 19.9 Å². The molecule has 4 aromatic heterocycles. The van der Waals surface area contributed by atoms with E-state index in [0.717, 1.165) is 106 Å². The minimum absolute atomic E-state index is 0. The molecule has 0 spiro atoms. The number of rotatable bonds is 11. The van der Waals surface area contributed by atoms with Crippen LogP contribution in [0.15, 0.2) is 368 Å². The number of aromatic nitrogens is 6. The van der Waals surface area contributed by atoms with E-state index >= 15 is 0 Å². The molecule has 14 aromatic carbocycles. The van der Waals surface area contributed by atoms with Gasteiger partial charge in [-0.15, -0.1) is 0 Å². The van der Waals surface area contributed by atoms with Gasteiger partial charge in [-0.2, -0.15) is 0 Å². The molecule has 8 nitrogen and oxygen atoms in total. The largest absolute Gasteiger partial charge is 0.356 e. The average Bonchev–Trinajstić information content (AvgIpc) is 1.57. The van der Waals surface area contributed by atoms with Crippen LogP contribution in [-0.4, -0.2) is 29.1 Å². The number of fused-ring (bicyclic) bond motifs is 8. The van der Waals surface area contributed by atoms with Crippen molar-refractivity contribution >= 4 is 110 Å². The molecule has 0 bridgehead atoms. The SMILES string of the molecule is Brc1ccc(-c2nc3ccccc3nc2-c2ccccc2)cc1.C.c1ccc(-c2nc3ccccc3nc2-c2ccc(N(c3ccccc3)c3ccc4c(c3)c3ccccc3n4-c3ccccc3)cc2)cc1.c1ccc(Nc2ccc3c(c2)c2ccccc2n3-c2ccccc2)cc1. The maximum Gasteiger partial charge on any atom is 0.0973 e. The van der Waals surface area contributed by atoms with E-state index in [1.165, 1.54) is 49.3 Å². The zero-order valence-electron chi connectivity index (χ0n) is 52.6. The van der Waals surface area contributed by atoms with Gasteiger partial charge in [0.25, 0.3) is 0 Å². The van der Waals surface area contributed by atoms with Crippen molar-refractivity contribution in [1.29, 1.82) is 0 Å². The van der Waals surface area contributed by atoms with Gasteiger partial charge in [0.1, 0.15) is 0 Å². The van der Waals surface area contributed by atoms with Crippen LogP contribution >= 0.6 is 15.9 Å². The quantitative estimate of drug-likeness (QED) is 0.139. The number of hydrogen-bond donors (Lipinski definition) is 1. The number of para-hydroxylation sites is 10. The molecule has 1 N–H and O–H groups in total.